The van der Waals surface area contributed by atoms with Crippen molar-refractivity contribution in [2.45, 2.75) is 23.0 Å². The van der Waals surface area contributed by atoms with Crippen LogP contribution in [0, 0.1) is 0 Å². The van der Waals surface area contributed by atoms with Crippen LogP contribution in [0.2, 0.25) is 0 Å². The number of hydrogen-bond donors (Lipinski definition) is 0. The van der Waals surface area contributed by atoms with Gasteiger partial charge in [0.25, 0.3) is 0 Å². The molecule has 25 heavy (non-hydrogen) atoms. The molecule has 5 nitrogen and oxygen atoms in total. The van der Waals surface area contributed by atoms with E-state index in [-0.39, 0.29) is 23.7 Å². The fraction of sp³-hybridized carbons (Fsp3) is 0.333. The maximum atomic E-state index is 12.7. The van der Waals surface area contributed by atoms with E-state index in [0.717, 1.165) is 5.56 Å². The van der Waals surface area contributed by atoms with Gasteiger partial charge < -0.3 is 0 Å². The van der Waals surface area contributed by atoms with Crippen LogP contribution < -0.4 is 0 Å². The van der Waals surface area contributed by atoms with Crippen molar-refractivity contribution in [2.75, 3.05) is 18.8 Å². The molecule has 1 fully saturated rings. The maximum absolute atomic E-state index is 12.7. The smallest absolute Gasteiger partial charge is 0.214 e. The summed E-state index contributed by atoms with van der Waals surface area (Å²) in [5, 5.41) is -0.679. The number of nitrogens with zero attached hydrogens (tertiary/aromatic N) is 1. The summed E-state index contributed by atoms with van der Waals surface area (Å²) in [5.41, 5.74) is 0.957. The molecule has 2 aromatic carbocycles. The standard InChI is InChI=1S/C18H21NO4S2/c20-24(21,14-12-16-7-3-1-4-8-16)19-13-11-18(15-19)25(22,23)17-9-5-2-6-10-17/h1-10,18H,11-15H2/t18-/m0/s1. The van der Waals surface area contributed by atoms with E-state index in [2.05, 4.69) is 0 Å². The molecule has 0 saturated carbocycles. The third kappa shape index (κ3) is 4.11. The highest BCUT2D eigenvalue weighted by atomic mass is 32.2. The number of sulfonamides is 1. The highest BCUT2D eigenvalue weighted by molar-refractivity contribution is 7.92. The van der Waals surface area contributed by atoms with Gasteiger partial charge in [-0.25, -0.2) is 21.1 Å². The van der Waals surface area contributed by atoms with Gasteiger partial charge in [-0.15, -0.1) is 0 Å². The van der Waals surface area contributed by atoms with Gasteiger partial charge in [0.2, 0.25) is 10.0 Å². The third-order valence-electron chi connectivity index (χ3n) is 4.50. The lowest BCUT2D eigenvalue weighted by Crippen LogP contribution is -2.34. The van der Waals surface area contributed by atoms with Crippen LogP contribution >= 0.6 is 0 Å². The van der Waals surface area contributed by atoms with E-state index in [4.69, 9.17) is 0 Å². The summed E-state index contributed by atoms with van der Waals surface area (Å²) in [4.78, 5) is 0.253. The van der Waals surface area contributed by atoms with Crippen molar-refractivity contribution in [1.29, 1.82) is 0 Å². The molecule has 1 atom stereocenters. The van der Waals surface area contributed by atoms with E-state index < -0.39 is 25.1 Å². The SMILES string of the molecule is O=S(=O)(c1ccccc1)[C@H]1CCN(S(=O)(=O)CCc2ccccc2)C1. The molecule has 1 saturated heterocycles. The quantitative estimate of drug-likeness (QED) is 0.771. The first-order valence-corrected chi connectivity index (χ1v) is 11.4. The van der Waals surface area contributed by atoms with Crippen molar-refractivity contribution in [3.8, 4) is 0 Å². The molecular formula is C18H21NO4S2. The fourth-order valence-corrected chi connectivity index (χ4v) is 6.38. The third-order valence-corrected chi connectivity index (χ3v) is 8.53. The zero-order valence-electron chi connectivity index (χ0n) is 13.8. The predicted molar refractivity (Wildman–Crippen MR) is 97.5 cm³/mol. The van der Waals surface area contributed by atoms with E-state index in [1.807, 2.05) is 30.3 Å². The van der Waals surface area contributed by atoms with E-state index in [1.54, 1.807) is 30.3 Å². The van der Waals surface area contributed by atoms with Gasteiger partial charge in [-0.2, -0.15) is 0 Å². The molecule has 0 unspecified atom stereocenters. The van der Waals surface area contributed by atoms with Crippen LogP contribution in [0.5, 0.6) is 0 Å². The zero-order valence-corrected chi connectivity index (χ0v) is 15.4. The first kappa shape index (κ1) is 18.1. The Morgan fingerprint density at radius 2 is 1.48 bits per heavy atom. The van der Waals surface area contributed by atoms with Gasteiger partial charge in [0.05, 0.1) is 15.9 Å². The molecule has 3 rings (SSSR count). The Morgan fingerprint density at radius 3 is 2.12 bits per heavy atom. The van der Waals surface area contributed by atoms with Gasteiger partial charge in [-0.05, 0) is 30.5 Å². The van der Waals surface area contributed by atoms with Crippen LogP contribution in [0.3, 0.4) is 0 Å². The van der Waals surface area contributed by atoms with Crippen molar-refractivity contribution in [3.63, 3.8) is 0 Å². The average molecular weight is 380 g/mol. The van der Waals surface area contributed by atoms with E-state index in [9.17, 15) is 16.8 Å². The van der Waals surface area contributed by atoms with Crippen LogP contribution in [-0.2, 0) is 26.3 Å². The molecule has 2 aromatic rings. The van der Waals surface area contributed by atoms with Gasteiger partial charge in [0.15, 0.2) is 9.84 Å². The van der Waals surface area contributed by atoms with E-state index in [1.165, 1.54) is 4.31 Å². The lowest BCUT2D eigenvalue weighted by atomic mass is 10.2. The van der Waals surface area contributed by atoms with E-state index >= 15 is 0 Å². The molecule has 1 aliphatic heterocycles. The Morgan fingerprint density at radius 1 is 0.880 bits per heavy atom. The molecule has 1 heterocycles. The fourth-order valence-electron chi connectivity index (χ4n) is 3.03. The van der Waals surface area contributed by atoms with Crippen LogP contribution in [0.25, 0.3) is 0 Å². The monoisotopic (exact) mass is 379 g/mol. The molecule has 134 valence electrons. The minimum absolute atomic E-state index is 0.00484. The van der Waals surface area contributed by atoms with E-state index in [0.29, 0.717) is 12.8 Å². The molecule has 0 radical (unpaired) electrons. The van der Waals surface area contributed by atoms with Crippen LogP contribution in [-0.4, -0.2) is 45.2 Å². The van der Waals surface area contributed by atoms with Crippen LogP contribution in [0.1, 0.15) is 12.0 Å². The zero-order chi connectivity index (χ0) is 17.9. The van der Waals surface area contributed by atoms with Gasteiger partial charge in [0.1, 0.15) is 0 Å². The van der Waals surface area contributed by atoms with Crippen molar-refractivity contribution < 1.29 is 16.8 Å². The lowest BCUT2D eigenvalue weighted by molar-refractivity contribution is 0.476. The Hall–Kier alpha value is -1.70. The molecule has 7 heteroatoms. The molecule has 1 aliphatic rings. The summed E-state index contributed by atoms with van der Waals surface area (Å²) >= 11 is 0. The Kier molecular flexibility index (Phi) is 5.27. The summed E-state index contributed by atoms with van der Waals surface area (Å²) in [5.74, 6) is -0.00484. The number of hydrogen-bond acceptors (Lipinski definition) is 4. The van der Waals surface area contributed by atoms with Crippen molar-refractivity contribution in [2.24, 2.45) is 0 Å². The topological polar surface area (TPSA) is 71.5 Å². The number of sulfone groups is 1. The number of aryl methyl sites for hydroxylation is 1. The van der Waals surface area contributed by atoms with Crippen LogP contribution in [0.15, 0.2) is 65.6 Å². The minimum atomic E-state index is -3.51. The molecule has 0 spiro atoms. The van der Waals surface area contributed by atoms with Gasteiger partial charge in [-0.3, -0.25) is 0 Å². The minimum Gasteiger partial charge on any atom is -0.223 e. The largest absolute Gasteiger partial charge is 0.223 e. The molecule has 0 N–H and O–H groups in total. The Balaban J connectivity index is 1.67. The second kappa shape index (κ2) is 7.27. The first-order valence-electron chi connectivity index (χ1n) is 8.20. The molecular weight excluding hydrogens is 358 g/mol. The first-order chi connectivity index (χ1) is 11.9. The lowest BCUT2D eigenvalue weighted by Gasteiger charge is -2.17. The molecule has 0 aliphatic carbocycles. The average Bonchev–Trinajstić information content (AvgIpc) is 3.14. The Labute approximate surface area is 149 Å². The summed E-state index contributed by atoms with van der Waals surface area (Å²) in [6, 6.07) is 17.6. The number of benzene rings is 2. The summed E-state index contributed by atoms with van der Waals surface area (Å²) < 4.78 is 51.7. The van der Waals surface area contributed by atoms with Crippen molar-refractivity contribution >= 4 is 19.9 Å². The highest BCUT2D eigenvalue weighted by Gasteiger charge is 2.38. The van der Waals surface area contributed by atoms with Crippen molar-refractivity contribution in [1.82, 2.24) is 4.31 Å². The molecule has 0 amide bonds. The van der Waals surface area contributed by atoms with Crippen LogP contribution in [0.4, 0.5) is 0 Å². The summed E-state index contributed by atoms with van der Waals surface area (Å²) in [6.45, 7) is 0.294. The Bertz CT molecular complexity index is 910. The normalized spacial score (nSPS) is 19.1. The highest BCUT2D eigenvalue weighted by Crippen LogP contribution is 2.25. The summed E-state index contributed by atoms with van der Waals surface area (Å²) in [7, 11) is -6.97. The summed E-state index contributed by atoms with van der Waals surface area (Å²) in [6.07, 6.45) is 0.761. The predicted octanol–water partition coefficient (Wildman–Crippen LogP) is 2.11. The van der Waals surface area contributed by atoms with Gasteiger partial charge in [-0.1, -0.05) is 48.5 Å². The second-order valence-electron chi connectivity index (χ2n) is 6.18. The number of rotatable bonds is 6. The molecule has 0 aromatic heterocycles. The molecule has 0 bridgehead atoms. The van der Waals surface area contributed by atoms with Gasteiger partial charge in [0, 0.05) is 13.1 Å². The van der Waals surface area contributed by atoms with Crippen molar-refractivity contribution in [3.05, 3.63) is 66.2 Å². The second-order valence-corrected chi connectivity index (χ2v) is 10.5. The van der Waals surface area contributed by atoms with Gasteiger partial charge >= 0.3 is 0 Å². The maximum Gasteiger partial charge on any atom is 0.214 e.